The molecule has 0 aromatic heterocycles. The number of carbonyl (C=O) groups is 2. The zero-order valence-electron chi connectivity index (χ0n) is 13.8. The largest absolute Gasteiger partial charge is 0.478 e. The predicted octanol–water partition coefficient (Wildman–Crippen LogP) is 4.87. The van der Waals surface area contributed by atoms with Crippen molar-refractivity contribution in [3.63, 3.8) is 0 Å². The molecule has 25 heavy (non-hydrogen) atoms. The molecule has 3 aromatic carbocycles. The molecule has 126 valence electrons. The number of benzene rings is 3. The van der Waals surface area contributed by atoms with Gasteiger partial charge in [-0.3, -0.25) is 0 Å². The van der Waals surface area contributed by atoms with Crippen LogP contribution in [0.25, 0.3) is 16.8 Å². The molecule has 2 N–H and O–H groups in total. The summed E-state index contributed by atoms with van der Waals surface area (Å²) < 4.78 is 0. The van der Waals surface area contributed by atoms with Crippen LogP contribution in [0.4, 0.5) is 0 Å². The summed E-state index contributed by atoms with van der Waals surface area (Å²) in [5.74, 6) is -2.22. The SMILES string of the molecule is C=Cc1cccc2ccccc12.Cc1c(C(=O)O)cccc1C(=O)O. The molecule has 0 amide bonds. The number of fused-ring (bicyclic) bond motifs is 1. The summed E-state index contributed by atoms with van der Waals surface area (Å²) in [5.41, 5.74) is 1.54. The number of carboxylic acid groups (broad SMARTS) is 2. The third-order valence-corrected chi connectivity index (χ3v) is 3.84. The van der Waals surface area contributed by atoms with Crippen LogP contribution in [-0.2, 0) is 0 Å². The van der Waals surface area contributed by atoms with Crippen LogP contribution in [0.3, 0.4) is 0 Å². The minimum atomic E-state index is -1.11. The van der Waals surface area contributed by atoms with Crippen molar-refractivity contribution in [2.45, 2.75) is 6.92 Å². The Kier molecular flexibility index (Phi) is 5.69. The first-order valence-corrected chi connectivity index (χ1v) is 7.62. The van der Waals surface area contributed by atoms with Gasteiger partial charge in [-0.1, -0.05) is 61.2 Å². The molecular weight excluding hydrogens is 316 g/mol. The Morgan fingerprint density at radius 3 is 1.92 bits per heavy atom. The summed E-state index contributed by atoms with van der Waals surface area (Å²) in [7, 11) is 0. The van der Waals surface area contributed by atoms with Crippen molar-refractivity contribution < 1.29 is 19.8 Å². The molecule has 0 fully saturated rings. The number of hydrogen-bond donors (Lipinski definition) is 2. The van der Waals surface area contributed by atoms with E-state index in [2.05, 4.69) is 49.0 Å². The van der Waals surface area contributed by atoms with E-state index in [4.69, 9.17) is 10.2 Å². The molecule has 0 atom stereocenters. The molecule has 0 radical (unpaired) electrons. The van der Waals surface area contributed by atoms with Gasteiger partial charge in [0.15, 0.2) is 0 Å². The maximum absolute atomic E-state index is 10.6. The summed E-state index contributed by atoms with van der Waals surface area (Å²) >= 11 is 0. The summed E-state index contributed by atoms with van der Waals surface area (Å²) in [6, 6.07) is 18.8. The average Bonchev–Trinajstić information content (AvgIpc) is 2.61. The normalized spacial score (nSPS) is 9.80. The number of aromatic carboxylic acids is 2. The maximum atomic E-state index is 10.6. The van der Waals surface area contributed by atoms with Crippen LogP contribution in [0, 0.1) is 6.92 Å². The number of carboxylic acids is 2. The molecule has 0 spiro atoms. The van der Waals surface area contributed by atoms with Crippen molar-refractivity contribution >= 4 is 28.8 Å². The highest BCUT2D eigenvalue weighted by Gasteiger charge is 2.13. The first-order valence-electron chi connectivity index (χ1n) is 7.62. The second-order valence-electron chi connectivity index (χ2n) is 5.36. The summed E-state index contributed by atoms with van der Waals surface area (Å²) in [4.78, 5) is 21.2. The van der Waals surface area contributed by atoms with Crippen LogP contribution in [0.1, 0.15) is 31.8 Å². The minimum Gasteiger partial charge on any atom is -0.478 e. The Labute approximate surface area is 145 Å². The molecule has 4 nitrogen and oxygen atoms in total. The fourth-order valence-electron chi connectivity index (χ4n) is 2.53. The monoisotopic (exact) mass is 334 g/mol. The fraction of sp³-hybridized carbons (Fsp3) is 0.0476. The van der Waals surface area contributed by atoms with Gasteiger partial charge in [0, 0.05) is 0 Å². The van der Waals surface area contributed by atoms with E-state index >= 15 is 0 Å². The minimum absolute atomic E-state index is 0.0277. The van der Waals surface area contributed by atoms with Crippen molar-refractivity contribution in [3.05, 3.63) is 89.5 Å². The Balaban J connectivity index is 0.000000181. The Hall–Kier alpha value is -3.40. The third kappa shape index (κ3) is 4.12. The van der Waals surface area contributed by atoms with E-state index in [-0.39, 0.29) is 16.7 Å². The van der Waals surface area contributed by atoms with Gasteiger partial charge in [0.2, 0.25) is 0 Å². The lowest BCUT2D eigenvalue weighted by molar-refractivity contribution is 0.0696. The van der Waals surface area contributed by atoms with E-state index in [1.165, 1.54) is 41.5 Å². The highest BCUT2D eigenvalue weighted by molar-refractivity contribution is 5.96. The first kappa shape index (κ1) is 17.9. The molecule has 0 aliphatic carbocycles. The van der Waals surface area contributed by atoms with E-state index in [1.807, 2.05) is 6.08 Å². The Morgan fingerprint density at radius 1 is 0.840 bits per heavy atom. The van der Waals surface area contributed by atoms with Crippen molar-refractivity contribution in [1.29, 1.82) is 0 Å². The van der Waals surface area contributed by atoms with E-state index in [0.717, 1.165) is 0 Å². The van der Waals surface area contributed by atoms with E-state index in [0.29, 0.717) is 0 Å². The molecule has 0 saturated heterocycles. The van der Waals surface area contributed by atoms with Gasteiger partial charge in [-0.25, -0.2) is 9.59 Å². The molecule has 3 rings (SSSR count). The molecule has 0 aliphatic heterocycles. The second kappa shape index (κ2) is 7.93. The molecular formula is C21H18O4. The predicted molar refractivity (Wildman–Crippen MR) is 99.1 cm³/mol. The van der Waals surface area contributed by atoms with E-state index in [9.17, 15) is 9.59 Å². The molecule has 0 unspecified atom stereocenters. The van der Waals surface area contributed by atoms with Crippen LogP contribution < -0.4 is 0 Å². The molecule has 0 saturated carbocycles. The van der Waals surface area contributed by atoms with E-state index in [1.54, 1.807) is 0 Å². The van der Waals surface area contributed by atoms with Crippen molar-refractivity contribution in [3.8, 4) is 0 Å². The van der Waals surface area contributed by atoms with Gasteiger partial charge >= 0.3 is 11.9 Å². The Bertz CT molecular complexity index is 904. The highest BCUT2D eigenvalue weighted by atomic mass is 16.4. The molecule has 4 heteroatoms. The lowest BCUT2D eigenvalue weighted by Gasteiger charge is -2.03. The zero-order valence-corrected chi connectivity index (χ0v) is 13.8. The summed E-state index contributed by atoms with van der Waals surface area (Å²) in [6.07, 6.45) is 1.89. The van der Waals surface area contributed by atoms with Gasteiger partial charge in [0.25, 0.3) is 0 Å². The quantitative estimate of drug-likeness (QED) is 0.716. The number of hydrogen-bond acceptors (Lipinski definition) is 2. The topological polar surface area (TPSA) is 74.6 Å². The van der Waals surface area contributed by atoms with E-state index < -0.39 is 11.9 Å². The van der Waals surface area contributed by atoms with Gasteiger partial charge in [-0.05, 0) is 41.0 Å². The van der Waals surface area contributed by atoms with Crippen LogP contribution in [-0.4, -0.2) is 22.2 Å². The van der Waals surface area contributed by atoms with Crippen molar-refractivity contribution in [1.82, 2.24) is 0 Å². The molecule has 0 aliphatic rings. The smallest absolute Gasteiger partial charge is 0.335 e. The average molecular weight is 334 g/mol. The van der Waals surface area contributed by atoms with Crippen LogP contribution in [0.2, 0.25) is 0 Å². The molecule has 0 bridgehead atoms. The first-order chi connectivity index (χ1) is 12.0. The zero-order chi connectivity index (χ0) is 18.4. The van der Waals surface area contributed by atoms with Crippen molar-refractivity contribution in [2.75, 3.05) is 0 Å². The van der Waals surface area contributed by atoms with Gasteiger partial charge in [0.05, 0.1) is 11.1 Å². The summed E-state index contributed by atoms with van der Waals surface area (Å²) in [5, 5.41) is 19.9. The fourth-order valence-corrected chi connectivity index (χ4v) is 2.53. The highest BCUT2D eigenvalue weighted by Crippen LogP contribution is 2.18. The second-order valence-corrected chi connectivity index (χ2v) is 5.36. The van der Waals surface area contributed by atoms with Crippen LogP contribution in [0.5, 0.6) is 0 Å². The van der Waals surface area contributed by atoms with Crippen LogP contribution >= 0.6 is 0 Å². The van der Waals surface area contributed by atoms with Gasteiger partial charge in [-0.15, -0.1) is 0 Å². The third-order valence-electron chi connectivity index (χ3n) is 3.84. The lowest BCUT2D eigenvalue weighted by Crippen LogP contribution is -2.06. The van der Waals surface area contributed by atoms with Gasteiger partial charge in [0.1, 0.15) is 0 Å². The van der Waals surface area contributed by atoms with Gasteiger partial charge < -0.3 is 10.2 Å². The van der Waals surface area contributed by atoms with Gasteiger partial charge in [-0.2, -0.15) is 0 Å². The Morgan fingerprint density at radius 2 is 1.36 bits per heavy atom. The van der Waals surface area contributed by atoms with Crippen LogP contribution in [0.15, 0.2) is 67.2 Å². The van der Waals surface area contributed by atoms with Crippen molar-refractivity contribution in [2.24, 2.45) is 0 Å². The summed E-state index contributed by atoms with van der Waals surface area (Å²) in [6.45, 7) is 5.26. The molecule has 0 heterocycles. The standard InChI is InChI=1S/C12H10.C9H8O4/c1-2-10-7-5-8-11-6-3-4-9-12(10)11;1-5-6(8(10)11)3-2-4-7(5)9(12)13/h2-9H,1H2;2-4H,1H3,(H,10,11)(H,12,13). The lowest BCUT2D eigenvalue weighted by atomic mass is 10.0. The number of rotatable bonds is 3. The maximum Gasteiger partial charge on any atom is 0.335 e. The molecule has 3 aromatic rings.